The molecule has 0 fully saturated rings. The third-order valence-electron chi connectivity index (χ3n) is 5.53. The van der Waals surface area contributed by atoms with Crippen molar-refractivity contribution in [1.82, 2.24) is 14.8 Å². The minimum absolute atomic E-state index is 0.196. The summed E-state index contributed by atoms with van der Waals surface area (Å²) in [6.07, 6.45) is 2.91. The van der Waals surface area contributed by atoms with Crippen LogP contribution in [0.25, 0.3) is 11.4 Å². The lowest BCUT2D eigenvalue weighted by atomic mass is 9.92. The highest BCUT2D eigenvalue weighted by molar-refractivity contribution is 5.95. The first kappa shape index (κ1) is 19.2. The smallest absolute Gasteiger partial charge is 0.336 e. The van der Waals surface area contributed by atoms with Gasteiger partial charge in [-0.1, -0.05) is 17.7 Å². The highest BCUT2D eigenvalue weighted by Gasteiger charge is 2.26. The molecule has 0 spiro atoms. The zero-order valence-corrected chi connectivity index (χ0v) is 16.0. The van der Waals surface area contributed by atoms with Crippen LogP contribution in [-0.4, -0.2) is 25.8 Å². The van der Waals surface area contributed by atoms with E-state index in [-0.39, 0.29) is 11.5 Å². The summed E-state index contributed by atoms with van der Waals surface area (Å²) >= 11 is 0. The lowest BCUT2D eigenvalue weighted by Gasteiger charge is -2.24. The van der Waals surface area contributed by atoms with Gasteiger partial charge in [0.05, 0.1) is 5.56 Å². The first-order valence-electron chi connectivity index (χ1n) is 9.62. The van der Waals surface area contributed by atoms with E-state index >= 15 is 0 Å². The molecule has 1 aromatic heterocycles. The summed E-state index contributed by atoms with van der Waals surface area (Å²) in [7, 11) is 0. The Bertz CT molecular complexity index is 1080. The third kappa shape index (κ3) is 3.90. The molecule has 5 nitrogen and oxygen atoms in total. The second-order valence-corrected chi connectivity index (χ2v) is 7.58. The fraction of sp³-hybridized carbons (Fsp3) is 0.318. The molecule has 0 radical (unpaired) electrons. The van der Waals surface area contributed by atoms with Crippen LogP contribution in [0.2, 0.25) is 0 Å². The summed E-state index contributed by atoms with van der Waals surface area (Å²) in [6, 6.07) is 8.86. The van der Waals surface area contributed by atoms with E-state index in [1.54, 1.807) is 12.1 Å². The molecule has 150 valence electrons. The molecule has 1 N–H and O–H groups in total. The Morgan fingerprint density at radius 1 is 1.21 bits per heavy atom. The average Bonchev–Trinajstić information content (AvgIpc) is 3.10. The topological polar surface area (TPSA) is 68.0 Å². The number of aromatic carboxylic acids is 1. The summed E-state index contributed by atoms with van der Waals surface area (Å²) in [5, 5.41) is 18.1. The second-order valence-electron chi connectivity index (χ2n) is 7.58. The van der Waals surface area contributed by atoms with Gasteiger partial charge in [0.1, 0.15) is 17.5 Å². The molecule has 0 amide bonds. The molecule has 4 rings (SSSR count). The molecule has 7 heteroatoms. The molecule has 0 aliphatic carbocycles. The van der Waals surface area contributed by atoms with Crippen LogP contribution < -0.4 is 0 Å². The fourth-order valence-corrected chi connectivity index (χ4v) is 3.94. The summed E-state index contributed by atoms with van der Waals surface area (Å²) in [4.78, 5) is 11.7. The minimum Gasteiger partial charge on any atom is -0.478 e. The van der Waals surface area contributed by atoms with Crippen LogP contribution in [0.4, 0.5) is 8.78 Å². The summed E-state index contributed by atoms with van der Waals surface area (Å²) in [5.74, 6) is -0.426. The molecule has 0 saturated carbocycles. The number of rotatable bonds is 5. The van der Waals surface area contributed by atoms with Crippen LogP contribution in [0.3, 0.4) is 0 Å². The highest BCUT2D eigenvalue weighted by atomic mass is 19.1. The van der Waals surface area contributed by atoms with E-state index in [1.165, 1.54) is 12.1 Å². The van der Waals surface area contributed by atoms with E-state index in [4.69, 9.17) is 0 Å². The SMILES string of the molecule is Cc1ccc(C(=O)O)c(-c2nnc3n2CC(CCc2ccc(F)cc2F)CC3)c1. The number of aromatic nitrogens is 3. The van der Waals surface area contributed by atoms with Crippen molar-refractivity contribution in [2.24, 2.45) is 5.92 Å². The van der Waals surface area contributed by atoms with Crippen molar-refractivity contribution in [3.05, 3.63) is 70.5 Å². The largest absolute Gasteiger partial charge is 0.478 e. The number of hydrogen-bond acceptors (Lipinski definition) is 3. The molecular weight excluding hydrogens is 376 g/mol. The molecule has 2 aromatic carbocycles. The summed E-state index contributed by atoms with van der Waals surface area (Å²) in [6.45, 7) is 2.55. The lowest BCUT2D eigenvalue weighted by Crippen LogP contribution is -2.22. The molecule has 2 heterocycles. The molecule has 29 heavy (non-hydrogen) atoms. The van der Waals surface area contributed by atoms with E-state index in [9.17, 15) is 18.7 Å². The molecule has 3 aromatic rings. The van der Waals surface area contributed by atoms with Crippen molar-refractivity contribution in [2.75, 3.05) is 0 Å². The van der Waals surface area contributed by atoms with Crippen molar-refractivity contribution >= 4 is 5.97 Å². The van der Waals surface area contributed by atoms with Crippen LogP contribution in [0.15, 0.2) is 36.4 Å². The number of aryl methyl sites for hydroxylation is 3. The Labute approximate surface area is 167 Å². The normalized spacial score (nSPS) is 15.9. The number of fused-ring (bicyclic) bond motifs is 1. The Morgan fingerprint density at radius 2 is 2.03 bits per heavy atom. The Hall–Kier alpha value is -3.09. The number of carbonyl (C=O) groups is 1. The minimum atomic E-state index is -1.00. The van der Waals surface area contributed by atoms with Crippen molar-refractivity contribution in [3.63, 3.8) is 0 Å². The molecule has 0 saturated heterocycles. The number of carboxylic acids is 1. The van der Waals surface area contributed by atoms with Crippen molar-refractivity contribution < 1.29 is 18.7 Å². The van der Waals surface area contributed by atoms with Gasteiger partial charge in [-0.2, -0.15) is 0 Å². The first-order valence-corrected chi connectivity index (χ1v) is 9.62. The number of halogens is 2. The van der Waals surface area contributed by atoms with Gasteiger partial charge in [-0.05, 0) is 55.9 Å². The molecule has 1 atom stereocenters. The predicted molar refractivity (Wildman–Crippen MR) is 104 cm³/mol. The lowest BCUT2D eigenvalue weighted by molar-refractivity contribution is 0.0697. The number of nitrogens with zero attached hydrogens (tertiary/aromatic N) is 3. The summed E-state index contributed by atoms with van der Waals surface area (Å²) in [5.41, 5.74) is 2.21. The van der Waals surface area contributed by atoms with Gasteiger partial charge in [0, 0.05) is 24.6 Å². The Morgan fingerprint density at radius 3 is 2.79 bits per heavy atom. The monoisotopic (exact) mass is 397 g/mol. The number of carboxylic acid groups (broad SMARTS) is 1. The number of hydrogen-bond donors (Lipinski definition) is 1. The van der Waals surface area contributed by atoms with Gasteiger partial charge in [0.15, 0.2) is 5.82 Å². The van der Waals surface area contributed by atoms with E-state index in [0.717, 1.165) is 36.7 Å². The van der Waals surface area contributed by atoms with Crippen molar-refractivity contribution in [2.45, 2.75) is 39.2 Å². The fourth-order valence-electron chi connectivity index (χ4n) is 3.94. The summed E-state index contributed by atoms with van der Waals surface area (Å²) < 4.78 is 29.0. The third-order valence-corrected chi connectivity index (χ3v) is 5.53. The van der Waals surface area contributed by atoms with Crippen LogP contribution >= 0.6 is 0 Å². The highest BCUT2D eigenvalue weighted by Crippen LogP contribution is 2.30. The molecule has 0 bridgehead atoms. The number of benzene rings is 2. The van der Waals surface area contributed by atoms with Crippen molar-refractivity contribution in [3.8, 4) is 11.4 Å². The zero-order valence-electron chi connectivity index (χ0n) is 16.0. The quantitative estimate of drug-likeness (QED) is 0.692. The van der Waals surface area contributed by atoms with Crippen LogP contribution in [0.1, 0.15) is 40.2 Å². The van der Waals surface area contributed by atoms with Gasteiger partial charge in [0.25, 0.3) is 0 Å². The van der Waals surface area contributed by atoms with E-state index in [2.05, 4.69) is 10.2 Å². The maximum atomic E-state index is 13.9. The first-order chi connectivity index (χ1) is 13.9. The molecule has 1 unspecified atom stereocenters. The van der Waals surface area contributed by atoms with Gasteiger partial charge >= 0.3 is 5.97 Å². The Balaban J connectivity index is 1.57. The maximum Gasteiger partial charge on any atom is 0.336 e. The van der Waals surface area contributed by atoms with Crippen LogP contribution in [0.5, 0.6) is 0 Å². The standard InChI is InChI=1S/C22H21F2N3O2/c1-13-2-8-17(22(28)29)18(10-13)21-26-25-20-9-4-14(12-27(20)21)3-5-15-6-7-16(23)11-19(15)24/h2,6-8,10-11,14H,3-5,9,12H2,1H3,(H,28,29). The van der Waals surface area contributed by atoms with Crippen LogP contribution in [0, 0.1) is 24.5 Å². The van der Waals surface area contributed by atoms with Gasteiger partial charge in [-0.25, -0.2) is 13.6 Å². The van der Waals surface area contributed by atoms with Gasteiger partial charge in [0.2, 0.25) is 0 Å². The Kier molecular flexibility index (Phi) is 5.13. The van der Waals surface area contributed by atoms with E-state index < -0.39 is 17.6 Å². The second kappa shape index (κ2) is 7.73. The van der Waals surface area contributed by atoms with Crippen LogP contribution in [-0.2, 0) is 19.4 Å². The van der Waals surface area contributed by atoms with Gasteiger partial charge in [-0.15, -0.1) is 10.2 Å². The van der Waals surface area contributed by atoms with Gasteiger partial charge < -0.3 is 9.67 Å². The molecule has 1 aliphatic rings. The van der Waals surface area contributed by atoms with E-state index in [0.29, 0.717) is 29.9 Å². The predicted octanol–water partition coefficient (Wildman–Crippen LogP) is 4.43. The molecule has 1 aliphatic heterocycles. The molecular formula is C22H21F2N3O2. The average molecular weight is 397 g/mol. The van der Waals surface area contributed by atoms with Gasteiger partial charge in [-0.3, -0.25) is 0 Å². The zero-order chi connectivity index (χ0) is 20.5. The van der Waals surface area contributed by atoms with E-state index in [1.807, 2.05) is 17.6 Å². The maximum absolute atomic E-state index is 13.9. The van der Waals surface area contributed by atoms with Crippen molar-refractivity contribution in [1.29, 1.82) is 0 Å².